The third-order valence-electron chi connectivity index (χ3n) is 5.59. The molecule has 2 saturated heterocycles. The third-order valence-corrected chi connectivity index (χ3v) is 5.59. The van der Waals surface area contributed by atoms with Gasteiger partial charge in [0.25, 0.3) is 0 Å². The normalized spacial score (nSPS) is 20.6. The lowest BCUT2D eigenvalue weighted by Gasteiger charge is -2.34. The average Bonchev–Trinajstić information content (AvgIpc) is 2.91. The summed E-state index contributed by atoms with van der Waals surface area (Å²) in [6, 6.07) is 0.479. The number of likely N-dealkylation sites (tertiary alicyclic amines) is 2. The Morgan fingerprint density at radius 1 is 1.00 bits per heavy atom. The highest BCUT2D eigenvalue weighted by Crippen LogP contribution is 2.17. The van der Waals surface area contributed by atoms with E-state index in [2.05, 4.69) is 34.4 Å². The van der Waals surface area contributed by atoms with Gasteiger partial charge in [-0.1, -0.05) is 26.7 Å². The van der Waals surface area contributed by atoms with E-state index in [0.29, 0.717) is 44.3 Å². The highest BCUT2D eigenvalue weighted by Gasteiger charge is 2.25. The lowest BCUT2D eigenvalue weighted by atomic mass is 10.0. The Bertz CT molecular complexity index is 503. The number of amides is 2. The van der Waals surface area contributed by atoms with Gasteiger partial charge in [-0.25, -0.2) is 0 Å². The van der Waals surface area contributed by atoms with Crippen molar-refractivity contribution in [1.29, 1.82) is 0 Å². The summed E-state index contributed by atoms with van der Waals surface area (Å²) in [5.41, 5.74) is 0. The number of imide groups is 1. The molecular formula is C20H38IN5O2. The maximum Gasteiger partial charge on any atom is 0.229 e. The van der Waals surface area contributed by atoms with Crippen LogP contribution >= 0.6 is 24.0 Å². The average molecular weight is 507 g/mol. The number of nitrogens with one attached hydrogen (secondary N) is 2. The molecule has 0 aromatic rings. The van der Waals surface area contributed by atoms with Gasteiger partial charge in [0.2, 0.25) is 11.8 Å². The number of nitrogens with zero attached hydrogens (tertiary/aromatic N) is 3. The van der Waals surface area contributed by atoms with Crippen molar-refractivity contribution in [2.24, 2.45) is 10.9 Å². The van der Waals surface area contributed by atoms with E-state index in [1.54, 1.807) is 7.05 Å². The molecule has 0 aromatic carbocycles. The number of guanidine groups is 1. The highest BCUT2D eigenvalue weighted by molar-refractivity contribution is 14.0. The summed E-state index contributed by atoms with van der Waals surface area (Å²) >= 11 is 0. The first-order valence-corrected chi connectivity index (χ1v) is 10.5. The van der Waals surface area contributed by atoms with Crippen LogP contribution in [0.25, 0.3) is 0 Å². The van der Waals surface area contributed by atoms with Crippen LogP contribution in [0.2, 0.25) is 0 Å². The fourth-order valence-corrected chi connectivity index (χ4v) is 3.97. The number of halogens is 1. The molecule has 0 radical (unpaired) electrons. The van der Waals surface area contributed by atoms with Crippen LogP contribution in [0.15, 0.2) is 4.99 Å². The van der Waals surface area contributed by atoms with Crippen LogP contribution in [0.3, 0.4) is 0 Å². The van der Waals surface area contributed by atoms with Gasteiger partial charge in [-0.15, -0.1) is 24.0 Å². The van der Waals surface area contributed by atoms with Crippen molar-refractivity contribution >= 4 is 41.8 Å². The summed E-state index contributed by atoms with van der Waals surface area (Å²) in [5.74, 6) is 1.18. The van der Waals surface area contributed by atoms with E-state index >= 15 is 0 Å². The van der Waals surface area contributed by atoms with E-state index in [9.17, 15) is 9.59 Å². The minimum Gasteiger partial charge on any atom is -0.355 e. The molecule has 2 aliphatic heterocycles. The smallest absolute Gasteiger partial charge is 0.229 e. The Hall–Kier alpha value is -0.900. The van der Waals surface area contributed by atoms with Crippen molar-refractivity contribution in [1.82, 2.24) is 20.4 Å². The van der Waals surface area contributed by atoms with Crippen molar-refractivity contribution in [3.05, 3.63) is 0 Å². The van der Waals surface area contributed by atoms with Crippen LogP contribution < -0.4 is 10.6 Å². The predicted molar refractivity (Wildman–Crippen MR) is 124 cm³/mol. The van der Waals surface area contributed by atoms with Gasteiger partial charge >= 0.3 is 0 Å². The van der Waals surface area contributed by atoms with Crippen LogP contribution in [0.1, 0.15) is 58.8 Å². The second-order valence-electron chi connectivity index (χ2n) is 7.93. The van der Waals surface area contributed by atoms with Gasteiger partial charge in [0.05, 0.1) is 0 Å². The van der Waals surface area contributed by atoms with Gasteiger partial charge in [0.1, 0.15) is 0 Å². The van der Waals surface area contributed by atoms with Crippen LogP contribution in [0.5, 0.6) is 0 Å². The maximum atomic E-state index is 11.9. The topological polar surface area (TPSA) is 77.0 Å². The molecular weight excluding hydrogens is 469 g/mol. The number of piperidine rings is 1. The molecule has 2 amide bonds. The van der Waals surface area contributed by atoms with E-state index in [1.807, 2.05) is 0 Å². The number of hydrogen-bond acceptors (Lipinski definition) is 4. The molecule has 7 nitrogen and oxygen atoms in total. The molecule has 28 heavy (non-hydrogen) atoms. The number of carbonyl (C=O) groups excluding carboxylic acids is 2. The molecule has 0 aliphatic carbocycles. The van der Waals surface area contributed by atoms with Crippen molar-refractivity contribution < 1.29 is 9.59 Å². The van der Waals surface area contributed by atoms with Gasteiger partial charge in [-0.05, 0) is 38.3 Å². The molecule has 0 bridgehead atoms. The molecule has 1 unspecified atom stereocenters. The quantitative estimate of drug-likeness (QED) is 0.239. The molecule has 0 saturated carbocycles. The second-order valence-corrected chi connectivity index (χ2v) is 7.93. The Morgan fingerprint density at radius 2 is 1.61 bits per heavy atom. The van der Waals surface area contributed by atoms with Gasteiger partial charge in [-0.3, -0.25) is 24.4 Å². The Labute approximate surface area is 187 Å². The summed E-state index contributed by atoms with van der Waals surface area (Å²) < 4.78 is 0. The van der Waals surface area contributed by atoms with Crippen LogP contribution in [-0.2, 0) is 9.59 Å². The molecule has 2 fully saturated rings. The van der Waals surface area contributed by atoms with Gasteiger partial charge in [0.15, 0.2) is 5.96 Å². The zero-order valence-electron chi connectivity index (χ0n) is 17.7. The minimum atomic E-state index is -0.0583. The van der Waals surface area contributed by atoms with Gasteiger partial charge < -0.3 is 10.6 Å². The predicted octanol–water partition coefficient (Wildman–Crippen LogP) is 2.21. The Morgan fingerprint density at radius 3 is 2.14 bits per heavy atom. The van der Waals surface area contributed by atoms with E-state index in [4.69, 9.17) is 0 Å². The van der Waals surface area contributed by atoms with Crippen LogP contribution in [0.4, 0.5) is 0 Å². The lowest BCUT2D eigenvalue weighted by molar-refractivity contribution is -0.147. The molecule has 2 aliphatic rings. The summed E-state index contributed by atoms with van der Waals surface area (Å²) in [5, 5.41) is 6.68. The summed E-state index contributed by atoms with van der Waals surface area (Å²) in [7, 11) is 1.75. The molecule has 8 heteroatoms. The lowest BCUT2D eigenvalue weighted by Crippen LogP contribution is -2.51. The van der Waals surface area contributed by atoms with E-state index < -0.39 is 0 Å². The SMILES string of the molecule is CN=C(NCCN1C(=O)CCCC1=O)NCC(C(C)C)N1CCCCCC1.I. The third kappa shape index (κ3) is 7.85. The monoisotopic (exact) mass is 507 g/mol. The van der Waals surface area contributed by atoms with Gasteiger partial charge in [-0.2, -0.15) is 0 Å². The van der Waals surface area contributed by atoms with Crippen LogP contribution in [0, 0.1) is 5.92 Å². The second kappa shape index (κ2) is 13.3. The van der Waals surface area contributed by atoms with Gasteiger partial charge in [0, 0.05) is 45.6 Å². The summed E-state index contributed by atoms with van der Waals surface area (Å²) in [4.78, 5) is 32.0. The molecule has 0 aromatic heterocycles. The highest BCUT2D eigenvalue weighted by atomic mass is 127. The zero-order valence-corrected chi connectivity index (χ0v) is 20.0. The summed E-state index contributed by atoms with van der Waals surface area (Å²) in [6.45, 7) is 8.68. The number of aliphatic imine (C=N–C) groups is 1. The Kier molecular flexibility index (Phi) is 12.0. The molecule has 2 heterocycles. The fourth-order valence-electron chi connectivity index (χ4n) is 3.97. The first-order chi connectivity index (χ1) is 13.0. The molecule has 1 atom stereocenters. The minimum absolute atomic E-state index is 0. The Balaban J connectivity index is 0.00000392. The van der Waals surface area contributed by atoms with Crippen molar-refractivity contribution in [2.45, 2.75) is 64.8 Å². The largest absolute Gasteiger partial charge is 0.355 e. The number of rotatable bonds is 7. The van der Waals surface area contributed by atoms with E-state index in [0.717, 1.165) is 12.5 Å². The first-order valence-electron chi connectivity index (χ1n) is 10.5. The van der Waals surface area contributed by atoms with Crippen molar-refractivity contribution in [3.63, 3.8) is 0 Å². The zero-order chi connectivity index (χ0) is 19.6. The van der Waals surface area contributed by atoms with Crippen molar-refractivity contribution in [3.8, 4) is 0 Å². The van der Waals surface area contributed by atoms with Crippen LogP contribution in [-0.4, -0.2) is 73.4 Å². The standard InChI is InChI=1S/C20H37N5O2.HI/c1-16(2)17(24-12-6-4-5-7-13-24)15-23-20(21-3)22-11-14-25-18(26)9-8-10-19(25)27;/h16-17H,4-15H2,1-3H3,(H2,21,22,23);1H. The summed E-state index contributed by atoms with van der Waals surface area (Å²) in [6.07, 6.45) is 6.88. The molecule has 0 spiro atoms. The number of hydrogen-bond donors (Lipinski definition) is 2. The van der Waals surface area contributed by atoms with Crippen molar-refractivity contribution in [2.75, 3.05) is 39.8 Å². The van der Waals surface area contributed by atoms with E-state index in [-0.39, 0.29) is 35.8 Å². The van der Waals surface area contributed by atoms with E-state index in [1.165, 1.54) is 43.7 Å². The number of carbonyl (C=O) groups is 2. The first kappa shape index (κ1) is 25.1. The molecule has 2 N–H and O–H groups in total. The molecule has 2 rings (SSSR count). The maximum absolute atomic E-state index is 11.9. The fraction of sp³-hybridized carbons (Fsp3) is 0.850. The molecule has 162 valence electrons.